The SMILES string of the molecule is C=O.O=CCc1ccccc1. The van der Waals surface area contributed by atoms with Crippen LogP contribution in [0.4, 0.5) is 0 Å². The van der Waals surface area contributed by atoms with Gasteiger partial charge in [0, 0.05) is 6.42 Å². The second-order valence-corrected chi connectivity index (χ2v) is 1.86. The van der Waals surface area contributed by atoms with E-state index < -0.39 is 0 Å². The average Bonchev–Trinajstić information content (AvgIpc) is 2.11. The van der Waals surface area contributed by atoms with Gasteiger partial charge in [0.05, 0.1) is 0 Å². The van der Waals surface area contributed by atoms with E-state index >= 15 is 0 Å². The van der Waals surface area contributed by atoms with E-state index in [0.717, 1.165) is 11.8 Å². The molecule has 1 rings (SSSR count). The number of aldehydes is 1. The maximum atomic E-state index is 9.97. The summed E-state index contributed by atoms with van der Waals surface area (Å²) in [7, 11) is 0. The van der Waals surface area contributed by atoms with Crippen LogP contribution in [0, 0.1) is 0 Å². The highest BCUT2D eigenvalue weighted by atomic mass is 16.1. The fourth-order valence-corrected chi connectivity index (χ4v) is 0.710. The summed E-state index contributed by atoms with van der Waals surface area (Å²) < 4.78 is 0. The number of carbonyl (C=O) groups is 2. The van der Waals surface area contributed by atoms with Gasteiger partial charge in [-0.2, -0.15) is 0 Å². The van der Waals surface area contributed by atoms with Gasteiger partial charge >= 0.3 is 0 Å². The van der Waals surface area contributed by atoms with E-state index in [9.17, 15) is 4.79 Å². The highest BCUT2D eigenvalue weighted by molar-refractivity contribution is 5.54. The molecule has 2 nitrogen and oxygen atoms in total. The number of rotatable bonds is 2. The molecule has 0 heterocycles. The van der Waals surface area contributed by atoms with Gasteiger partial charge < -0.3 is 9.59 Å². The molecule has 1 aromatic rings. The van der Waals surface area contributed by atoms with Gasteiger partial charge in [-0.1, -0.05) is 30.3 Å². The minimum atomic E-state index is 0.529. The Morgan fingerprint density at radius 1 is 1.18 bits per heavy atom. The molecule has 0 spiro atoms. The van der Waals surface area contributed by atoms with Crippen LogP contribution in [0.15, 0.2) is 30.3 Å². The Morgan fingerprint density at radius 2 is 1.73 bits per heavy atom. The molecule has 0 fully saturated rings. The lowest BCUT2D eigenvalue weighted by molar-refractivity contribution is -0.107. The first-order valence-corrected chi connectivity index (χ1v) is 3.20. The third-order valence-corrected chi connectivity index (χ3v) is 1.16. The van der Waals surface area contributed by atoms with Crippen molar-refractivity contribution in [2.24, 2.45) is 0 Å². The molecule has 58 valence electrons. The maximum Gasteiger partial charge on any atom is 0.124 e. The first-order valence-electron chi connectivity index (χ1n) is 3.20. The summed E-state index contributed by atoms with van der Waals surface area (Å²) in [5.41, 5.74) is 1.08. The largest absolute Gasteiger partial charge is 0.307 e. The van der Waals surface area contributed by atoms with Gasteiger partial charge in [0.2, 0.25) is 0 Å². The zero-order valence-electron chi connectivity index (χ0n) is 6.19. The van der Waals surface area contributed by atoms with E-state index in [4.69, 9.17) is 4.79 Å². The molecular formula is C9H10O2. The molecule has 0 N–H and O–H groups in total. The van der Waals surface area contributed by atoms with E-state index in [-0.39, 0.29) is 0 Å². The molecule has 0 amide bonds. The zero-order chi connectivity index (χ0) is 8.53. The van der Waals surface area contributed by atoms with E-state index in [1.807, 2.05) is 37.1 Å². The normalized spacial score (nSPS) is 7.64. The smallest absolute Gasteiger partial charge is 0.124 e. The summed E-state index contributed by atoms with van der Waals surface area (Å²) in [6.07, 6.45) is 1.44. The van der Waals surface area contributed by atoms with Gasteiger partial charge in [0.25, 0.3) is 0 Å². The topological polar surface area (TPSA) is 34.1 Å². The van der Waals surface area contributed by atoms with Gasteiger partial charge in [-0.3, -0.25) is 0 Å². The van der Waals surface area contributed by atoms with Gasteiger partial charge in [0.15, 0.2) is 0 Å². The molecule has 0 aliphatic rings. The fraction of sp³-hybridized carbons (Fsp3) is 0.111. The van der Waals surface area contributed by atoms with Crippen molar-refractivity contribution in [2.75, 3.05) is 0 Å². The summed E-state index contributed by atoms with van der Waals surface area (Å²) in [5.74, 6) is 0. The van der Waals surface area contributed by atoms with Crippen molar-refractivity contribution in [3.63, 3.8) is 0 Å². The van der Waals surface area contributed by atoms with Crippen molar-refractivity contribution in [3.05, 3.63) is 35.9 Å². The number of benzene rings is 1. The van der Waals surface area contributed by atoms with Crippen molar-refractivity contribution in [1.29, 1.82) is 0 Å². The second-order valence-electron chi connectivity index (χ2n) is 1.86. The Bertz CT molecular complexity index is 194. The molecule has 1 aromatic carbocycles. The predicted octanol–water partition coefficient (Wildman–Crippen LogP) is 1.24. The Kier molecular flexibility index (Phi) is 5.80. The quantitative estimate of drug-likeness (QED) is 0.594. The molecule has 0 bridgehead atoms. The van der Waals surface area contributed by atoms with Crippen LogP contribution in [-0.2, 0) is 16.0 Å². The molecular weight excluding hydrogens is 140 g/mol. The Balaban J connectivity index is 0.000000461. The van der Waals surface area contributed by atoms with Crippen LogP contribution in [0.25, 0.3) is 0 Å². The monoisotopic (exact) mass is 150 g/mol. The first kappa shape index (κ1) is 9.56. The molecule has 0 aliphatic heterocycles. The van der Waals surface area contributed by atoms with Crippen molar-refractivity contribution < 1.29 is 9.59 Å². The highest BCUT2D eigenvalue weighted by Gasteiger charge is 1.84. The predicted molar refractivity (Wildman–Crippen MR) is 43.3 cm³/mol. The van der Waals surface area contributed by atoms with E-state index in [0.29, 0.717) is 6.42 Å². The molecule has 0 saturated carbocycles. The van der Waals surface area contributed by atoms with E-state index in [1.165, 1.54) is 0 Å². The lowest BCUT2D eigenvalue weighted by Gasteiger charge is -1.89. The Morgan fingerprint density at radius 3 is 2.18 bits per heavy atom. The van der Waals surface area contributed by atoms with Crippen molar-refractivity contribution in [1.82, 2.24) is 0 Å². The van der Waals surface area contributed by atoms with Crippen LogP contribution in [0.1, 0.15) is 5.56 Å². The van der Waals surface area contributed by atoms with Gasteiger partial charge in [0.1, 0.15) is 13.1 Å². The summed E-state index contributed by atoms with van der Waals surface area (Å²) in [6.45, 7) is 2.00. The third kappa shape index (κ3) is 4.03. The molecule has 0 unspecified atom stereocenters. The first-order chi connectivity index (χ1) is 5.43. The molecule has 0 atom stereocenters. The third-order valence-electron chi connectivity index (χ3n) is 1.16. The number of hydrogen-bond acceptors (Lipinski definition) is 2. The lowest BCUT2D eigenvalue weighted by Crippen LogP contribution is -1.82. The molecule has 11 heavy (non-hydrogen) atoms. The molecule has 0 saturated heterocycles. The summed E-state index contributed by atoms with van der Waals surface area (Å²) in [5, 5.41) is 0. The van der Waals surface area contributed by atoms with E-state index in [2.05, 4.69) is 0 Å². The van der Waals surface area contributed by atoms with Crippen molar-refractivity contribution in [2.45, 2.75) is 6.42 Å². The summed E-state index contributed by atoms with van der Waals surface area (Å²) in [4.78, 5) is 18.0. The van der Waals surface area contributed by atoms with Gasteiger partial charge in [-0.15, -0.1) is 0 Å². The van der Waals surface area contributed by atoms with Gasteiger partial charge in [-0.05, 0) is 5.56 Å². The second kappa shape index (κ2) is 6.68. The van der Waals surface area contributed by atoms with Crippen LogP contribution in [0.2, 0.25) is 0 Å². The zero-order valence-corrected chi connectivity index (χ0v) is 6.19. The lowest BCUT2D eigenvalue weighted by atomic mass is 10.2. The number of carbonyl (C=O) groups excluding carboxylic acids is 2. The van der Waals surface area contributed by atoms with Crippen molar-refractivity contribution in [3.8, 4) is 0 Å². The minimum absolute atomic E-state index is 0.529. The van der Waals surface area contributed by atoms with E-state index in [1.54, 1.807) is 0 Å². The fourth-order valence-electron chi connectivity index (χ4n) is 0.710. The van der Waals surface area contributed by atoms with Crippen LogP contribution < -0.4 is 0 Å². The summed E-state index contributed by atoms with van der Waals surface area (Å²) in [6, 6.07) is 9.68. The summed E-state index contributed by atoms with van der Waals surface area (Å²) >= 11 is 0. The molecule has 0 aromatic heterocycles. The van der Waals surface area contributed by atoms with Crippen molar-refractivity contribution >= 4 is 13.1 Å². The average molecular weight is 150 g/mol. The Labute approximate surface area is 65.9 Å². The molecule has 0 aliphatic carbocycles. The molecule has 2 heteroatoms. The molecule has 0 radical (unpaired) electrons. The number of hydrogen-bond donors (Lipinski definition) is 0. The highest BCUT2D eigenvalue weighted by Crippen LogP contribution is 1.96. The standard InChI is InChI=1S/C8H8O.CH2O/c9-7-6-8-4-2-1-3-5-8;1-2/h1-5,7H,6H2;1H2. The van der Waals surface area contributed by atoms with Crippen LogP contribution in [0.3, 0.4) is 0 Å². The minimum Gasteiger partial charge on any atom is -0.307 e. The maximum absolute atomic E-state index is 9.97. The Hall–Kier alpha value is -1.44. The van der Waals surface area contributed by atoms with Crippen LogP contribution in [-0.4, -0.2) is 13.1 Å². The van der Waals surface area contributed by atoms with Crippen LogP contribution >= 0.6 is 0 Å². The van der Waals surface area contributed by atoms with Gasteiger partial charge in [-0.25, -0.2) is 0 Å². The van der Waals surface area contributed by atoms with Crippen LogP contribution in [0.5, 0.6) is 0 Å².